The van der Waals surface area contributed by atoms with Crippen LogP contribution < -0.4 is 0 Å². The summed E-state index contributed by atoms with van der Waals surface area (Å²) in [4.78, 5) is 28.7. The number of hydrogen-bond donors (Lipinski definition) is 4. The van der Waals surface area contributed by atoms with Crippen molar-refractivity contribution in [2.45, 2.75) is 0 Å². The Morgan fingerprint density at radius 1 is 0.481 bits per heavy atom. The van der Waals surface area contributed by atoms with Crippen molar-refractivity contribution in [1.29, 1.82) is 0 Å². The summed E-state index contributed by atoms with van der Waals surface area (Å²) in [5.74, 6) is 0. The molecule has 4 aromatic rings. The van der Waals surface area contributed by atoms with Gasteiger partial charge in [-0.15, -0.1) is 0 Å². The number of imidazole rings is 4. The van der Waals surface area contributed by atoms with E-state index in [2.05, 4.69) is 39.9 Å². The van der Waals surface area contributed by atoms with Crippen LogP contribution in [0.5, 0.6) is 0 Å². The van der Waals surface area contributed by atoms with E-state index in [1.807, 2.05) is 0 Å². The molecule has 0 aliphatic heterocycles. The van der Waals surface area contributed by atoms with Gasteiger partial charge in [0.25, 0.3) is 0 Å². The quantitative estimate of drug-likeness (QED) is 0.146. The number of aromatic nitrogens is 8. The largest absolute Gasteiger partial charge is 2.00 e. The summed E-state index contributed by atoms with van der Waals surface area (Å²) >= 11 is 0. The van der Waals surface area contributed by atoms with Crippen molar-refractivity contribution in [1.82, 2.24) is 39.9 Å². The van der Waals surface area contributed by atoms with Gasteiger partial charge in [-0.3, -0.25) is 9.82 Å². The van der Waals surface area contributed by atoms with E-state index in [1.165, 1.54) is 9.82 Å². The van der Waals surface area contributed by atoms with Crippen LogP contribution in [0.4, 0.5) is 0 Å². The third kappa shape index (κ3) is 34.3. The molecule has 0 saturated carbocycles. The minimum Gasteiger partial charge on any atom is -0.373 e. The van der Waals surface area contributed by atoms with E-state index in [0.717, 1.165) is 0 Å². The fourth-order valence-corrected chi connectivity index (χ4v) is 0.861. The first kappa shape index (κ1) is 27.8. The Kier molecular flexibility index (Phi) is 30.8. The van der Waals surface area contributed by atoms with Crippen molar-refractivity contribution in [3.8, 4) is 0 Å². The molecule has 27 heavy (non-hydrogen) atoms. The molecule has 0 radical (unpaired) electrons. The molecule has 15 heteroatoms. The number of rotatable bonds is 0. The van der Waals surface area contributed by atoms with Crippen LogP contribution in [0.1, 0.15) is 0 Å². The number of nitrogens with zero attached hydrogens (tertiary/aromatic N) is 10. The van der Waals surface area contributed by atoms with Crippen molar-refractivity contribution in [2.24, 2.45) is 0 Å². The molecule has 0 fully saturated rings. The van der Waals surface area contributed by atoms with E-state index in [4.69, 9.17) is 22.1 Å². The molecule has 0 spiro atoms. The first-order valence-electron chi connectivity index (χ1n) is 6.51. The van der Waals surface area contributed by atoms with E-state index < -0.39 is 0 Å². The van der Waals surface area contributed by atoms with Crippen LogP contribution in [-0.2, 0) is 16.5 Å². The Labute approximate surface area is 163 Å². The van der Waals surface area contributed by atoms with Gasteiger partial charge in [-0.1, -0.05) is 0 Å². The molecule has 4 aromatic heterocycles. The van der Waals surface area contributed by atoms with Gasteiger partial charge in [0.2, 0.25) is 0 Å². The molecule has 0 bridgehead atoms. The minimum atomic E-state index is 0. The van der Waals surface area contributed by atoms with Gasteiger partial charge in [0.15, 0.2) is 0 Å². The third-order valence-electron chi connectivity index (χ3n) is 1.62. The number of aromatic amines is 4. The van der Waals surface area contributed by atoms with E-state index in [-0.39, 0.29) is 16.5 Å². The summed E-state index contributed by atoms with van der Waals surface area (Å²) in [6.07, 6.45) is 20.3. The molecule has 0 unspecified atom stereocenters. The summed E-state index contributed by atoms with van der Waals surface area (Å²) in [5.41, 5.74) is 27.0. The summed E-state index contributed by atoms with van der Waals surface area (Å²) < 4.78 is 0. The van der Waals surface area contributed by atoms with Gasteiger partial charge in [-0.25, -0.2) is 19.9 Å². The van der Waals surface area contributed by atoms with Crippen LogP contribution in [0, 0.1) is 0 Å². The maximum atomic E-state index is 6.75. The molecule has 0 amide bonds. The van der Waals surface area contributed by atoms with E-state index in [1.54, 1.807) is 74.9 Å². The predicted octanol–water partition coefficient (Wildman–Crippen LogP) is 3.37. The van der Waals surface area contributed by atoms with Crippen LogP contribution >= 0.6 is 0 Å². The predicted molar refractivity (Wildman–Crippen MR) is 94.5 cm³/mol. The number of nitrogens with one attached hydrogen (secondary N) is 4. The Hall–Kier alpha value is -4.05. The van der Waals surface area contributed by atoms with Gasteiger partial charge in [-0.2, -0.15) is 0 Å². The molecule has 0 aromatic carbocycles. The zero-order chi connectivity index (χ0) is 19.6. The number of hydrogen-bond acceptors (Lipinski definition) is 4. The summed E-state index contributed by atoms with van der Waals surface area (Å²) in [5, 5.41) is 0. The fraction of sp³-hybridized carbons (Fsp3) is 0. The SMILES string of the molecule is [N-]=[N+]=[N-].[N-]=[N+]=[N-].[Ni+2].c1c[nH]cn1.c1c[nH]cn1.c1c[nH]cn1.c1c[nH]cn1. The summed E-state index contributed by atoms with van der Waals surface area (Å²) in [6, 6.07) is 0. The zero-order valence-electron chi connectivity index (χ0n) is 13.7. The normalized spacial score (nSPS) is 6.52. The Morgan fingerprint density at radius 2 is 0.667 bits per heavy atom. The van der Waals surface area contributed by atoms with Crippen molar-refractivity contribution in [2.75, 3.05) is 0 Å². The number of H-pyrrole nitrogens is 4. The summed E-state index contributed by atoms with van der Waals surface area (Å²) in [6.45, 7) is 0. The molecule has 144 valence electrons. The van der Waals surface area contributed by atoms with E-state index >= 15 is 0 Å². The molecule has 0 aliphatic rings. The zero-order valence-corrected chi connectivity index (χ0v) is 14.7. The van der Waals surface area contributed by atoms with Gasteiger partial charge in [0, 0.05) is 49.6 Å². The average molecular weight is 415 g/mol. The van der Waals surface area contributed by atoms with Crippen molar-refractivity contribution in [3.63, 3.8) is 0 Å². The maximum absolute atomic E-state index is 6.75. The molecule has 4 heterocycles. The minimum absolute atomic E-state index is 0. The molecule has 4 rings (SSSR count). The monoisotopic (exact) mass is 414 g/mol. The molecule has 4 N–H and O–H groups in total. The van der Waals surface area contributed by atoms with Gasteiger partial charge in [0.1, 0.15) is 0 Å². The topological polar surface area (TPSA) is 232 Å². The Bertz CT molecular complexity index is 507. The molecule has 0 saturated heterocycles. The average Bonchev–Trinajstić information content (AvgIpc) is 3.53. The molecule has 0 aliphatic carbocycles. The van der Waals surface area contributed by atoms with Crippen LogP contribution in [0.15, 0.2) is 74.9 Å². The summed E-state index contributed by atoms with van der Waals surface area (Å²) in [7, 11) is 0. The maximum Gasteiger partial charge on any atom is 2.00 e. The first-order chi connectivity index (χ1) is 12.8. The third-order valence-corrected chi connectivity index (χ3v) is 1.62. The van der Waals surface area contributed by atoms with E-state index in [9.17, 15) is 0 Å². The van der Waals surface area contributed by atoms with Crippen molar-refractivity contribution < 1.29 is 16.5 Å². The van der Waals surface area contributed by atoms with Crippen molar-refractivity contribution >= 4 is 0 Å². The van der Waals surface area contributed by atoms with E-state index in [0.29, 0.717) is 0 Å². The van der Waals surface area contributed by atoms with Gasteiger partial charge in [-0.05, 0) is 0 Å². The molecular formula is C12H16N14Ni. The van der Waals surface area contributed by atoms with Crippen LogP contribution in [-0.4, -0.2) is 39.9 Å². The standard InChI is InChI=1S/4C3H4N2.2N3.Ni/c4*1-2-5-3-4-1;2*1-3-2;/h4*1-3H,(H,4,5);;;/q;;;;2*-1;+2. The second kappa shape index (κ2) is 29.9. The fourth-order valence-electron chi connectivity index (χ4n) is 0.861. The second-order valence-corrected chi connectivity index (χ2v) is 3.22. The Balaban J connectivity index is -0.000000258. The van der Waals surface area contributed by atoms with Crippen LogP contribution in [0.3, 0.4) is 0 Å². The molecule has 0 atom stereocenters. The van der Waals surface area contributed by atoms with Gasteiger partial charge in [0.05, 0.1) is 25.3 Å². The van der Waals surface area contributed by atoms with Gasteiger partial charge < -0.3 is 42.1 Å². The first-order valence-corrected chi connectivity index (χ1v) is 6.51. The Morgan fingerprint density at radius 3 is 0.704 bits per heavy atom. The smallest absolute Gasteiger partial charge is 0.373 e. The van der Waals surface area contributed by atoms with Crippen LogP contribution in [0.2, 0.25) is 0 Å². The van der Waals surface area contributed by atoms with Gasteiger partial charge >= 0.3 is 16.5 Å². The van der Waals surface area contributed by atoms with Crippen LogP contribution in [0.25, 0.3) is 31.9 Å². The second-order valence-electron chi connectivity index (χ2n) is 3.22. The molecular weight excluding hydrogens is 399 g/mol. The van der Waals surface area contributed by atoms with Crippen molar-refractivity contribution in [3.05, 3.63) is 107 Å². The molecule has 14 nitrogen and oxygen atoms in total.